The maximum absolute atomic E-state index is 5.33. The topological polar surface area (TPSA) is 42.2 Å². The van der Waals surface area contributed by atoms with Gasteiger partial charge in [0, 0.05) is 13.0 Å². The van der Waals surface area contributed by atoms with E-state index in [1.165, 1.54) is 11.1 Å². The average Bonchev–Trinajstić information content (AvgIpc) is 3.12. The fraction of sp³-hybridized carbons (Fsp3) is 0.250. The molecular formula is C16H17N3OS. The molecule has 0 amide bonds. The van der Waals surface area contributed by atoms with Crippen molar-refractivity contribution in [2.45, 2.75) is 19.5 Å². The Labute approximate surface area is 128 Å². The van der Waals surface area contributed by atoms with E-state index in [4.69, 9.17) is 4.52 Å². The first-order valence-corrected chi connectivity index (χ1v) is 7.79. The van der Waals surface area contributed by atoms with Gasteiger partial charge in [0.2, 0.25) is 5.89 Å². The van der Waals surface area contributed by atoms with Gasteiger partial charge >= 0.3 is 0 Å². The maximum Gasteiger partial charge on any atom is 0.240 e. The Kier molecular flexibility index (Phi) is 4.43. The first kappa shape index (κ1) is 14.0. The van der Waals surface area contributed by atoms with Crippen LogP contribution in [0, 0.1) is 0 Å². The van der Waals surface area contributed by atoms with Gasteiger partial charge in [0.15, 0.2) is 5.82 Å². The van der Waals surface area contributed by atoms with Crippen molar-refractivity contribution < 1.29 is 4.52 Å². The van der Waals surface area contributed by atoms with E-state index in [0.717, 1.165) is 12.4 Å². The van der Waals surface area contributed by atoms with Crippen LogP contribution in [-0.4, -0.2) is 22.1 Å². The van der Waals surface area contributed by atoms with Gasteiger partial charge in [-0.25, -0.2) is 0 Å². The molecule has 0 aliphatic carbocycles. The Morgan fingerprint density at radius 2 is 1.95 bits per heavy atom. The highest BCUT2D eigenvalue weighted by atomic mass is 32.1. The highest BCUT2D eigenvalue weighted by Crippen LogP contribution is 2.11. The molecule has 1 aromatic carbocycles. The van der Waals surface area contributed by atoms with Crippen molar-refractivity contribution in [3.63, 3.8) is 0 Å². The van der Waals surface area contributed by atoms with Gasteiger partial charge < -0.3 is 4.52 Å². The molecule has 2 heterocycles. The van der Waals surface area contributed by atoms with Crippen LogP contribution in [0.3, 0.4) is 0 Å². The van der Waals surface area contributed by atoms with Crippen LogP contribution < -0.4 is 0 Å². The summed E-state index contributed by atoms with van der Waals surface area (Å²) in [5.74, 6) is 1.40. The standard InChI is InChI=1S/C16H17N3OS/c1-19(10-14-7-8-21-12-14)11-16-17-15(18-20-16)9-13-5-3-2-4-6-13/h2-8,12H,9-11H2,1H3. The molecule has 0 spiro atoms. The number of aromatic nitrogens is 2. The third-order valence-electron chi connectivity index (χ3n) is 3.15. The molecule has 0 bridgehead atoms. The SMILES string of the molecule is CN(Cc1ccsc1)Cc1nc(Cc2ccccc2)no1. The highest BCUT2D eigenvalue weighted by molar-refractivity contribution is 7.07. The van der Waals surface area contributed by atoms with Gasteiger partial charge in [-0.3, -0.25) is 4.90 Å². The van der Waals surface area contributed by atoms with Gasteiger partial charge in [-0.15, -0.1) is 0 Å². The van der Waals surface area contributed by atoms with Gasteiger partial charge in [0.1, 0.15) is 0 Å². The Morgan fingerprint density at radius 1 is 1.10 bits per heavy atom. The minimum Gasteiger partial charge on any atom is -0.338 e. The van der Waals surface area contributed by atoms with Crippen molar-refractivity contribution in [2.75, 3.05) is 7.05 Å². The van der Waals surface area contributed by atoms with Crippen LogP contribution in [0.1, 0.15) is 22.8 Å². The monoisotopic (exact) mass is 299 g/mol. The van der Waals surface area contributed by atoms with Gasteiger partial charge in [0.25, 0.3) is 0 Å². The van der Waals surface area contributed by atoms with Gasteiger partial charge in [-0.2, -0.15) is 16.3 Å². The number of benzene rings is 1. The smallest absolute Gasteiger partial charge is 0.240 e. The number of hydrogen-bond acceptors (Lipinski definition) is 5. The molecule has 3 aromatic rings. The van der Waals surface area contributed by atoms with E-state index in [1.54, 1.807) is 11.3 Å². The molecule has 0 saturated heterocycles. The van der Waals surface area contributed by atoms with Crippen molar-refractivity contribution in [3.05, 3.63) is 70.0 Å². The zero-order valence-corrected chi connectivity index (χ0v) is 12.7. The summed E-state index contributed by atoms with van der Waals surface area (Å²) in [6, 6.07) is 12.3. The second-order valence-electron chi connectivity index (χ2n) is 5.07. The molecule has 0 aliphatic rings. The highest BCUT2D eigenvalue weighted by Gasteiger charge is 2.10. The fourth-order valence-electron chi connectivity index (χ4n) is 2.19. The first-order chi connectivity index (χ1) is 10.3. The molecular weight excluding hydrogens is 282 g/mol. The first-order valence-electron chi connectivity index (χ1n) is 6.84. The lowest BCUT2D eigenvalue weighted by atomic mass is 10.1. The Hall–Kier alpha value is -1.98. The van der Waals surface area contributed by atoms with Crippen LogP contribution in [0.5, 0.6) is 0 Å². The third-order valence-corrected chi connectivity index (χ3v) is 3.89. The molecule has 3 rings (SSSR count). The van der Waals surface area contributed by atoms with Crippen LogP contribution in [-0.2, 0) is 19.5 Å². The lowest BCUT2D eigenvalue weighted by Crippen LogP contribution is -2.17. The van der Waals surface area contributed by atoms with Crippen molar-refractivity contribution >= 4 is 11.3 Å². The molecule has 0 radical (unpaired) electrons. The van der Waals surface area contributed by atoms with E-state index >= 15 is 0 Å². The molecule has 0 N–H and O–H groups in total. The fourth-order valence-corrected chi connectivity index (χ4v) is 2.85. The molecule has 2 aromatic heterocycles. The van der Waals surface area contributed by atoms with Gasteiger partial charge in [-0.1, -0.05) is 35.5 Å². The van der Waals surface area contributed by atoms with Crippen LogP contribution in [0.4, 0.5) is 0 Å². The van der Waals surface area contributed by atoms with Crippen molar-refractivity contribution in [2.24, 2.45) is 0 Å². The predicted molar refractivity (Wildman–Crippen MR) is 83.0 cm³/mol. The quantitative estimate of drug-likeness (QED) is 0.700. The lowest BCUT2D eigenvalue weighted by molar-refractivity contribution is 0.260. The summed E-state index contributed by atoms with van der Waals surface area (Å²) in [5, 5.41) is 8.30. The molecule has 0 atom stereocenters. The normalized spacial score (nSPS) is 11.1. The van der Waals surface area contributed by atoms with Crippen LogP contribution >= 0.6 is 11.3 Å². The van der Waals surface area contributed by atoms with Gasteiger partial charge in [-0.05, 0) is 35.0 Å². The number of thiophene rings is 1. The summed E-state index contributed by atoms with van der Waals surface area (Å²) < 4.78 is 5.33. The number of nitrogens with zero attached hydrogens (tertiary/aromatic N) is 3. The summed E-state index contributed by atoms with van der Waals surface area (Å²) in [4.78, 5) is 6.63. The molecule has 0 unspecified atom stereocenters. The molecule has 0 fully saturated rings. The number of hydrogen-bond donors (Lipinski definition) is 0. The van der Waals surface area contributed by atoms with E-state index in [-0.39, 0.29) is 0 Å². The molecule has 108 valence electrons. The molecule has 0 aliphatic heterocycles. The Morgan fingerprint density at radius 3 is 2.71 bits per heavy atom. The van der Waals surface area contributed by atoms with Crippen LogP contribution in [0.2, 0.25) is 0 Å². The van der Waals surface area contributed by atoms with E-state index in [2.05, 4.69) is 51.0 Å². The average molecular weight is 299 g/mol. The number of rotatable bonds is 6. The summed E-state index contributed by atoms with van der Waals surface area (Å²) in [6.07, 6.45) is 0.707. The summed E-state index contributed by atoms with van der Waals surface area (Å²) in [6.45, 7) is 1.55. The van der Waals surface area contributed by atoms with Gasteiger partial charge in [0.05, 0.1) is 6.54 Å². The second kappa shape index (κ2) is 6.65. The van der Waals surface area contributed by atoms with Crippen LogP contribution in [0.25, 0.3) is 0 Å². The minimum absolute atomic E-state index is 0.664. The zero-order chi connectivity index (χ0) is 14.5. The minimum atomic E-state index is 0.664. The molecule has 5 heteroatoms. The van der Waals surface area contributed by atoms with Crippen LogP contribution in [0.15, 0.2) is 51.7 Å². The largest absolute Gasteiger partial charge is 0.338 e. The van der Waals surface area contributed by atoms with Crippen molar-refractivity contribution in [3.8, 4) is 0 Å². The van der Waals surface area contributed by atoms with E-state index in [1.807, 2.05) is 18.2 Å². The molecule has 21 heavy (non-hydrogen) atoms. The summed E-state index contributed by atoms with van der Waals surface area (Å²) in [7, 11) is 2.05. The molecule has 4 nitrogen and oxygen atoms in total. The zero-order valence-electron chi connectivity index (χ0n) is 11.9. The molecule has 0 saturated carbocycles. The Bertz CT molecular complexity index is 664. The predicted octanol–water partition coefficient (Wildman–Crippen LogP) is 3.35. The summed E-state index contributed by atoms with van der Waals surface area (Å²) in [5.41, 5.74) is 2.50. The maximum atomic E-state index is 5.33. The summed E-state index contributed by atoms with van der Waals surface area (Å²) >= 11 is 1.72. The van der Waals surface area contributed by atoms with E-state index in [9.17, 15) is 0 Å². The van der Waals surface area contributed by atoms with E-state index < -0.39 is 0 Å². The van der Waals surface area contributed by atoms with Crippen molar-refractivity contribution in [1.29, 1.82) is 0 Å². The Balaban J connectivity index is 1.57. The third kappa shape index (κ3) is 4.00. The van der Waals surface area contributed by atoms with E-state index in [0.29, 0.717) is 18.9 Å². The van der Waals surface area contributed by atoms with Crippen molar-refractivity contribution in [1.82, 2.24) is 15.0 Å². The lowest BCUT2D eigenvalue weighted by Gasteiger charge is -2.12. The second-order valence-corrected chi connectivity index (χ2v) is 5.85.